The highest BCUT2D eigenvalue weighted by molar-refractivity contribution is 7.99. The number of anilines is 1. The summed E-state index contributed by atoms with van der Waals surface area (Å²) in [5.74, 6) is 1.53. The van der Waals surface area contributed by atoms with Gasteiger partial charge in [-0.25, -0.2) is 4.98 Å². The molecule has 0 bridgehead atoms. The number of carbonyl (C=O) groups excluding carboxylic acids is 1. The van der Waals surface area contributed by atoms with Crippen LogP contribution in [0.25, 0.3) is 17.4 Å². The second-order valence-electron chi connectivity index (χ2n) is 5.67. The fourth-order valence-electron chi connectivity index (χ4n) is 2.47. The Kier molecular flexibility index (Phi) is 4.18. The van der Waals surface area contributed by atoms with Crippen LogP contribution in [0.2, 0.25) is 0 Å². The van der Waals surface area contributed by atoms with Crippen molar-refractivity contribution in [2.75, 3.05) is 5.32 Å². The Balaban J connectivity index is 1.68. The Morgan fingerprint density at radius 1 is 1.19 bits per heavy atom. The van der Waals surface area contributed by atoms with E-state index in [0.29, 0.717) is 17.4 Å². The number of benzene rings is 1. The van der Waals surface area contributed by atoms with E-state index in [1.165, 1.54) is 6.92 Å². The lowest BCUT2D eigenvalue weighted by atomic mass is 10.3. The molecule has 0 fully saturated rings. The van der Waals surface area contributed by atoms with Crippen LogP contribution in [0.3, 0.4) is 0 Å². The topological polar surface area (TPSA) is 85.3 Å². The lowest BCUT2D eigenvalue weighted by molar-refractivity contribution is -0.114. The van der Waals surface area contributed by atoms with Gasteiger partial charge in [-0.05, 0) is 49.4 Å². The lowest BCUT2D eigenvalue weighted by Gasteiger charge is -2.06. The van der Waals surface area contributed by atoms with Crippen molar-refractivity contribution in [3.63, 3.8) is 0 Å². The summed E-state index contributed by atoms with van der Waals surface area (Å²) >= 11 is 1.55. The Morgan fingerprint density at radius 2 is 2.00 bits per heavy atom. The highest BCUT2D eigenvalue weighted by Gasteiger charge is 2.14. The molecule has 8 heteroatoms. The molecule has 3 heterocycles. The number of hydrogen-bond donors (Lipinski definition) is 1. The van der Waals surface area contributed by atoms with Gasteiger partial charge in [0.15, 0.2) is 5.76 Å². The number of hydrogen-bond acceptors (Lipinski definition) is 6. The van der Waals surface area contributed by atoms with E-state index in [9.17, 15) is 4.79 Å². The molecular formula is C18H15N5O2S. The van der Waals surface area contributed by atoms with Crippen molar-refractivity contribution in [3.8, 4) is 11.6 Å². The number of rotatable bonds is 4. The first-order valence-corrected chi connectivity index (χ1v) is 8.74. The molecule has 0 aliphatic carbocycles. The molecule has 0 spiro atoms. The maximum absolute atomic E-state index is 11.1. The number of furan rings is 1. The molecule has 4 rings (SSSR count). The summed E-state index contributed by atoms with van der Waals surface area (Å²) in [6, 6.07) is 13.2. The molecule has 4 aromatic rings. The van der Waals surface area contributed by atoms with Gasteiger partial charge in [0.25, 0.3) is 5.78 Å². The zero-order valence-electron chi connectivity index (χ0n) is 14.1. The molecule has 3 aromatic heterocycles. The molecule has 1 aromatic carbocycles. The predicted molar refractivity (Wildman–Crippen MR) is 98.1 cm³/mol. The average Bonchev–Trinajstić information content (AvgIpc) is 3.25. The highest BCUT2D eigenvalue weighted by Crippen LogP contribution is 2.29. The number of nitrogens with one attached hydrogen (secondary N) is 1. The second-order valence-corrected chi connectivity index (χ2v) is 6.76. The van der Waals surface area contributed by atoms with Crippen LogP contribution in [-0.2, 0) is 4.79 Å². The number of aromatic nitrogens is 4. The van der Waals surface area contributed by atoms with Crippen molar-refractivity contribution in [2.24, 2.45) is 0 Å². The largest absolute Gasteiger partial charge is 0.461 e. The van der Waals surface area contributed by atoms with Gasteiger partial charge >= 0.3 is 0 Å². The van der Waals surface area contributed by atoms with Crippen molar-refractivity contribution in [1.29, 1.82) is 0 Å². The van der Waals surface area contributed by atoms with E-state index in [4.69, 9.17) is 4.42 Å². The summed E-state index contributed by atoms with van der Waals surface area (Å²) in [6.45, 7) is 3.41. The van der Waals surface area contributed by atoms with Gasteiger partial charge in [-0.15, -0.1) is 5.10 Å². The van der Waals surface area contributed by atoms with Crippen LogP contribution in [0, 0.1) is 6.92 Å². The van der Waals surface area contributed by atoms with Crippen molar-refractivity contribution < 1.29 is 9.21 Å². The molecule has 0 saturated heterocycles. The molecule has 0 saturated carbocycles. The Bertz CT molecular complexity index is 1070. The van der Waals surface area contributed by atoms with Gasteiger partial charge in [0.05, 0.1) is 6.26 Å². The minimum Gasteiger partial charge on any atom is -0.461 e. The summed E-state index contributed by atoms with van der Waals surface area (Å²) in [7, 11) is 0. The monoisotopic (exact) mass is 365 g/mol. The maximum atomic E-state index is 11.1. The standard InChI is InChI=1S/C18H15N5O2S/c1-11-10-16(26-14-7-5-13(6-8-14)20-12(2)24)23-18(19-11)21-17(22-23)15-4-3-9-25-15/h3-10H,1-2H3,(H,20,24). The molecule has 0 aliphatic heterocycles. The van der Waals surface area contributed by atoms with Gasteiger partial charge in [0.2, 0.25) is 11.7 Å². The van der Waals surface area contributed by atoms with Crippen molar-refractivity contribution in [1.82, 2.24) is 19.6 Å². The van der Waals surface area contributed by atoms with Crippen LogP contribution in [-0.4, -0.2) is 25.5 Å². The average molecular weight is 365 g/mol. The third-order valence-electron chi connectivity index (χ3n) is 3.55. The second kappa shape index (κ2) is 6.64. The Morgan fingerprint density at radius 3 is 2.69 bits per heavy atom. The molecule has 1 amide bonds. The van der Waals surface area contributed by atoms with Gasteiger partial charge in [0, 0.05) is 23.2 Å². The molecule has 1 N–H and O–H groups in total. The van der Waals surface area contributed by atoms with Gasteiger partial charge in [-0.3, -0.25) is 4.79 Å². The van der Waals surface area contributed by atoms with Crippen molar-refractivity contribution in [2.45, 2.75) is 23.8 Å². The van der Waals surface area contributed by atoms with Gasteiger partial charge in [0.1, 0.15) is 5.03 Å². The molecule has 0 unspecified atom stereocenters. The molecule has 0 atom stereocenters. The summed E-state index contributed by atoms with van der Waals surface area (Å²) in [5.41, 5.74) is 1.62. The van der Waals surface area contributed by atoms with Crippen LogP contribution in [0.4, 0.5) is 5.69 Å². The normalized spacial score (nSPS) is 11.0. The van der Waals surface area contributed by atoms with Crippen LogP contribution >= 0.6 is 11.8 Å². The van der Waals surface area contributed by atoms with E-state index in [1.807, 2.05) is 43.3 Å². The predicted octanol–water partition coefficient (Wildman–Crippen LogP) is 3.80. The van der Waals surface area contributed by atoms with Crippen LogP contribution in [0.5, 0.6) is 0 Å². The molecule has 0 radical (unpaired) electrons. The fourth-order valence-corrected chi connectivity index (χ4v) is 3.42. The molecular weight excluding hydrogens is 350 g/mol. The lowest BCUT2D eigenvalue weighted by Crippen LogP contribution is -2.05. The van der Waals surface area contributed by atoms with E-state index >= 15 is 0 Å². The number of nitrogens with zero attached hydrogens (tertiary/aromatic N) is 4. The number of fused-ring (bicyclic) bond motifs is 1. The van der Waals surface area contributed by atoms with Crippen molar-refractivity contribution >= 4 is 29.1 Å². The molecule has 26 heavy (non-hydrogen) atoms. The quantitative estimate of drug-likeness (QED) is 0.554. The number of carbonyl (C=O) groups is 1. The van der Waals surface area contributed by atoms with Gasteiger partial charge in [-0.2, -0.15) is 9.50 Å². The third kappa shape index (κ3) is 3.31. The summed E-state index contributed by atoms with van der Waals surface area (Å²) in [6.07, 6.45) is 1.59. The van der Waals surface area contributed by atoms with Crippen LogP contribution in [0.1, 0.15) is 12.6 Å². The maximum Gasteiger partial charge on any atom is 0.254 e. The number of aryl methyl sites for hydroxylation is 1. The first-order valence-electron chi connectivity index (χ1n) is 7.92. The summed E-state index contributed by atoms with van der Waals surface area (Å²) in [4.78, 5) is 21.0. The minimum absolute atomic E-state index is 0.0926. The van der Waals surface area contributed by atoms with E-state index in [-0.39, 0.29) is 5.91 Å². The Labute approximate surface area is 153 Å². The highest BCUT2D eigenvalue weighted by atomic mass is 32.2. The van der Waals surface area contributed by atoms with E-state index < -0.39 is 0 Å². The molecule has 130 valence electrons. The van der Waals surface area contributed by atoms with Gasteiger partial charge in [-0.1, -0.05) is 11.8 Å². The van der Waals surface area contributed by atoms with E-state index in [2.05, 4.69) is 20.4 Å². The number of amides is 1. The third-order valence-corrected chi connectivity index (χ3v) is 4.55. The first-order chi connectivity index (χ1) is 12.6. The fraction of sp³-hybridized carbons (Fsp3) is 0.111. The minimum atomic E-state index is -0.0926. The van der Waals surface area contributed by atoms with E-state index in [0.717, 1.165) is 21.3 Å². The summed E-state index contributed by atoms with van der Waals surface area (Å²) < 4.78 is 7.08. The first kappa shape index (κ1) is 16.3. The smallest absolute Gasteiger partial charge is 0.254 e. The zero-order chi connectivity index (χ0) is 18.1. The van der Waals surface area contributed by atoms with Crippen molar-refractivity contribution in [3.05, 3.63) is 54.4 Å². The molecule has 7 nitrogen and oxygen atoms in total. The Hall–Kier alpha value is -3.13. The van der Waals surface area contributed by atoms with E-state index in [1.54, 1.807) is 28.6 Å². The zero-order valence-corrected chi connectivity index (χ0v) is 14.9. The van der Waals surface area contributed by atoms with Gasteiger partial charge < -0.3 is 9.73 Å². The SMILES string of the molecule is CC(=O)Nc1ccc(Sc2cc(C)nc3nc(-c4ccco4)nn23)cc1. The summed E-state index contributed by atoms with van der Waals surface area (Å²) in [5, 5.41) is 8.17. The van der Waals surface area contributed by atoms with Crippen LogP contribution in [0.15, 0.2) is 63.1 Å². The van der Waals surface area contributed by atoms with Crippen LogP contribution < -0.4 is 5.32 Å². The molecule has 0 aliphatic rings.